The summed E-state index contributed by atoms with van der Waals surface area (Å²) in [7, 11) is 2.13. The maximum Gasteiger partial charge on any atom is 0.264 e. The molecule has 2 heterocycles. The summed E-state index contributed by atoms with van der Waals surface area (Å²) in [5, 5.41) is 0.596. The second-order valence-electron chi connectivity index (χ2n) is 14.3. The van der Waals surface area contributed by atoms with Gasteiger partial charge in [-0.25, -0.2) is 13.1 Å². The Morgan fingerprint density at radius 1 is 0.978 bits per heavy atom. The summed E-state index contributed by atoms with van der Waals surface area (Å²) < 4.78 is 35.5. The highest BCUT2D eigenvalue weighted by Gasteiger charge is 2.53. The monoisotopic (exact) mass is 646 g/mol. The molecule has 1 saturated heterocycles. The van der Waals surface area contributed by atoms with Crippen molar-refractivity contribution in [2.75, 3.05) is 34.3 Å². The van der Waals surface area contributed by atoms with Crippen LogP contribution in [0.15, 0.2) is 42.5 Å². The van der Waals surface area contributed by atoms with Gasteiger partial charge in [-0.15, -0.1) is 0 Å². The summed E-state index contributed by atoms with van der Waals surface area (Å²) >= 11 is 0. The summed E-state index contributed by atoms with van der Waals surface area (Å²) in [5.41, 5.74) is 4.13. The van der Waals surface area contributed by atoms with Crippen molar-refractivity contribution in [3.05, 3.63) is 53.6 Å². The zero-order valence-electron chi connectivity index (χ0n) is 27.3. The number of fused-ring (bicyclic) bond motifs is 1. The summed E-state index contributed by atoms with van der Waals surface area (Å²) in [6.07, 6.45) is 9.56. The van der Waals surface area contributed by atoms with Gasteiger partial charge in [-0.2, -0.15) is 0 Å². The number of likely N-dealkylation sites (N-methyl/N-ethyl adjacent to an activating group) is 1. The number of nitrogens with one attached hydrogen (secondary N) is 1. The van der Waals surface area contributed by atoms with Crippen molar-refractivity contribution in [3.8, 4) is 17.0 Å². The summed E-state index contributed by atoms with van der Waals surface area (Å²) in [6, 6.07) is 14.1. The van der Waals surface area contributed by atoms with E-state index < -0.39 is 26.6 Å². The Morgan fingerprint density at radius 3 is 2.30 bits per heavy atom. The van der Waals surface area contributed by atoms with E-state index in [0.29, 0.717) is 36.9 Å². The minimum absolute atomic E-state index is 0.225. The normalized spacial score (nSPS) is 21.6. The third-order valence-electron chi connectivity index (χ3n) is 10.9. The van der Waals surface area contributed by atoms with Crippen LogP contribution in [0, 0.1) is 5.41 Å². The van der Waals surface area contributed by atoms with E-state index in [-0.39, 0.29) is 5.91 Å². The number of sulfonamides is 1. The van der Waals surface area contributed by atoms with E-state index in [1.54, 1.807) is 13.2 Å². The first-order valence-electron chi connectivity index (χ1n) is 16.9. The van der Waals surface area contributed by atoms with E-state index in [0.717, 1.165) is 73.1 Å². The summed E-state index contributed by atoms with van der Waals surface area (Å²) in [6.45, 7) is 2.04. The van der Waals surface area contributed by atoms with Crippen LogP contribution in [-0.4, -0.2) is 80.2 Å². The van der Waals surface area contributed by atoms with Gasteiger partial charge in [0, 0.05) is 42.1 Å². The zero-order valence-corrected chi connectivity index (χ0v) is 28.1. The molecule has 46 heavy (non-hydrogen) atoms. The fourth-order valence-corrected chi connectivity index (χ4v) is 9.07. The first kappa shape index (κ1) is 31.2. The average molecular weight is 647 g/mol. The molecule has 3 aliphatic carbocycles. The number of methoxy groups -OCH3 is 1. The number of rotatable bonds is 10. The smallest absolute Gasteiger partial charge is 0.264 e. The van der Waals surface area contributed by atoms with Gasteiger partial charge in [-0.3, -0.25) is 9.59 Å². The van der Waals surface area contributed by atoms with Crippen LogP contribution in [0.5, 0.6) is 5.75 Å². The van der Waals surface area contributed by atoms with E-state index >= 15 is 0 Å². The van der Waals surface area contributed by atoms with Crippen LogP contribution in [0.4, 0.5) is 0 Å². The number of hydrogen-bond donors (Lipinski definition) is 1. The van der Waals surface area contributed by atoms with Crippen molar-refractivity contribution in [1.29, 1.82) is 0 Å². The second-order valence-corrected chi connectivity index (χ2v) is 16.2. The molecule has 0 unspecified atom stereocenters. The average Bonchev–Trinajstić information content (AvgIpc) is 3.99. The molecule has 3 saturated carbocycles. The molecule has 1 N–H and O–H groups in total. The molecule has 246 valence electrons. The van der Waals surface area contributed by atoms with Gasteiger partial charge in [-0.05, 0) is 112 Å². The Morgan fingerprint density at radius 2 is 1.70 bits per heavy atom. The minimum atomic E-state index is -3.69. The number of likely N-dealkylation sites (tertiary alicyclic amines) is 1. The van der Waals surface area contributed by atoms with Crippen LogP contribution in [0.2, 0.25) is 0 Å². The molecule has 0 bridgehead atoms. The first-order chi connectivity index (χ1) is 22.1. The molecule has 0 radical (unpaired) electrons. The molecule has 4 aliphatic rings. The number of amides is 2. The molecule has 1 atom stereocenters. The molecule has 2 aromatic carbocycles. The highest BCUT2D eigenvalue weighted by molar-refractivity contribution is 7.91. The Labute approximate surface area is 272 Å². The fourth-order valence-electron chi connectivity index (χ4n) is 7.77. The van der Waals surface area contributed by atoms with Crippen molar-refractivity contribution >= 4 is 32.7 Å². The molecule has 7 rings (SSSR count). The standard InChI is InChI=1S/C36H46N4O5S/c1-38(2)27-17-20-39(22-27)35(42)36(18-19-36)23-40-31-21-26(34(41)37-46(43,44)29-14-15-29)11-16-30(31)32(24-7-5-4-6-8-24)33(40)25-9-12-28(45-3)13-10-25/h9-13,16,21,24,27,29H,4-8,14-15,17-20,22-23H2,1-3H3,(H,37,41)/t27-/m0/s1. The van der Waals surface area contributed by atoms with Gasteiger partial charge in [0.15, 0.2) is 0 Å². The number of benzene rings is 2. The molecule has 10 heteroatoms. The first-order valence-corrected chi connectivity index (χ1v) is 18.5. The van der Waals surface area contributed by atoms with Gasteiger partial charge in [0.05, 0.1) is 23.5 Å². The van der Waals surface area contributed by atoms with Crippen LogP contribution < -0.4 is 9.46 Å². The number of ether oxygens (including phenoxy) is 1. The van der Waals surface area contributed by atoms with Crippen molar-refractivity contribution in [2.45, 2.75) is 88.0 Å². The van der Waals surface area contributed by atoms with Crippen molar-refractivity contribution in [3.63, 3.8) is 0 Å². The molecule has 0 spiro atoms. The molecule has 1 aliphatic heterocycles. The maximum atomic E-state index is 14.2. The third kappa shape index (κ3) is 5.83. The Hall–Kier alpha value is -3.37. The van der Waals surface area contributed by atoms with Gasteiger partial charge in [-0.1, -0.05) is 25.3 Å². The molecule has 3 aromatic rings. The number of aromatic nitrogens is 1. The fraction of sp³-hybridized carbons (Fsp3) is 0.556. The molecule has 1 aromatic heterocycles. The van der Waals surface area contributed by atoms with Gasteiger partial charge in [0.25, 0.3) is 5.91 Å². The number of nitrogens with zero attached hydrogens (tertiary/aromatic N) is 3. The number of hydrogen-bond acceptors (Lipinski definition) is 6. The molecular weight excluding hydrogens is 600 g/mol. The SMILES string of the molecule is COc1ccc(-c2c(C3CCCCC3)c3ccc(C(=O)NS(=O)(=O)C4CC4)cc3n2CC2(C(=O)N3CC[C@H](N(C)C)C3)CC2)cc1. The number of carbonyl (C=O) groups is 2. The lowest BCUT2D eigenvalue weighted by Gasteiger charge is -2.27. The summed E-state index contributed by atoms with van der Waals surface area (Å²) in [4.78, 5) is 31.9. The lowest BCUT2D eigenvalue weighted by atomic mass is 9.81. The van der Waals surface area contributed by atoms with Gasteiger partial charge in [0.1, 0.15) is 5.75 Å². The van der Waals surface area contributed by atoms with E-state index in [9.17, 15) is 18.0 Å². The van der Waals surface area contributed by atoms with Crippen LogP contribution in [-0.2, 0) is 21.4 Å². The highest BCUT2D eigenvalue weighted by Crippen LogP contribution is 2.52. The predicted molar refractivity (Wildman–Crippen MR) is 179 cm³/mol. The van der Waals surface area contributed by atoms with Crippen LogP contribution in [0.1, 0.15) is 86.0 Å². The lowest BCUT2D eigenvalue weighted by molar-refractivity contribution is -0.136. The van der Waals surface area contributed by atoms with Crippen LogP contribution >= 0.6 is 0 Å². The lowest BCUT2D eigenvalue weighted by Crippen LogP contribution is -2.40. The molecule has 2 amide bonds. The van der Waals surface area contributed by atoms with Gasteiger partial charge in [0.2, 0.25) is 15.9 Å². The third-order valence-corrected chi connectivity index (χ3v) is 12.7. The maximum absolute atomic E-state index is 14.2. The Bertz CT molecular complexity index is 1750. The van der Waals surface area contributed by atoms with E-state index in [1.807, 2.05) is 24.3 Å². The number of carbonyl (C=O) groups excluding carboxylic acids is 2. The quantitative estimate of drug-likeness (QED) is 0.311. The van der Waals surface area contributed by atoms with Gasteiger partial charge >= 0.3 is 0 Å². The predicted octanol–water partition coefficient (Wildman–Crippen LogP) is 5.53. The van der Waals surface area contributed by atoms with Crippen molar-refractivity contribution in [2.24, 2.45) is 5.41 Å². The van der Waals surface area contributed by atoms with Crippen LogP contribution in [0.3, 0.4) is 0 Å². The topological polar surface area (TPSA) is 101 Å². The molecule has 4 fully saturated rings. The molecule has 9 nitrogen and oxygen atoms in total. The van der Waals surface area contributed by atoms with Crippen LogP contribution in [0.25, 0.3) is 22.2 Å². The van der Waals surface area contributed by atoms with E-state index in [4.69, 9.17) is 4.74 Å². The minimum Gasteiger partial charge on any atom is -0.497 e. The van der Waals surface area contributed by atoms with E-state index in [2.05, 4.69) is 45.3 Å². The second kappa shape index (κ2) is 12.0. The molecular formula is C36H46N4O5S. The Kier molecular flexibility index (Phi) is 8.16. The summed E-state index contributed by atoms with van der Waals surface area (Å²) in [5.74, 6) is 0.758. The van der Waals surface area contributed by atoms with Gasteiger partial charge < -0.3 is 19.1 Å². The van der Waals surface area contributed by atoms with Crippen molar-refractivity contribution in [1.82, 2.24) is 19.1 Å². The Balaban J connectivity index is 1.35. The largest absolute Gasteiger partial charge is 0.497 e. The van der Waals surface area contributed by atoms with Crippen molar-refractivity contribution < 1.29 is 22.7 Å². The zero-order chi connectivity index (χ0) is 32.2. The highest BCUT2D eigenvalue weighted by atomic mass is 32.2. The van der Waals surface area contributed by atoms with E-state index in [1.165, 1.54) is 24.8 Å².